The Morgan fingerprint density at radius 2 is 2.05 bits per heavy atom. The van der Waals surface area contributed by atoms with Gasteiger partial charge in [-0.2, -0.15) is 0 Å². The molecule has 0 amide bonds. The Kier molecular flexibility index (Phi) is 3.33. The van der Waals surface area contributed by atoms with E-state index in [0.29, 0.717) is 0 Å². The summed E-state index contributed by atoms with van der Waals surface area (Å²) in [4.78, 5) is 8.20. The van der Waals surface area contributed by atoms with E-state index in [1.54, 1.807) is 11.3 Å². The molecule has 0 unspecified atom stereocenters. The molecule has 0 radical (unpaired) electrons. The molecule has 0 saturated carbocycles. The van der Waals surface area contributed by atoms with Gasteiger partial charge in [-0.3, -0.25) is 0 Å². The van der Waals surface area contributed by atoms with Gasteiger partial charge in [0.25, 0.3) is 0 Å². The molecule has 3 nitrogen and oxygen atoms in total. The zero-order chi connectivity index (χ0) is 13.4. The monoisotopic (exact) mass is 335 g/mol. The fourth-order valence-corrected chi connectivity index (χ4v) is 3.75. The molecule has 19 heavy (non-hydrogen) atoms. The SMILES string of the molecule is CN(Cc1ccc(Br)s1)c1nc2ccccc2n1C. The van der Waals surface area contributed by atoms with Gasteiger partial charge in [0.15, 0.2) is 0 Å². The van der Waals surface area contributed by atoms with Crippen molar-refractivity contribution in [1.29, 1.82) is 0 Å². The van der Waals surface area contributed by atoms with Gasteiger partial charge < -0.3 is 9.47 Å². The summed E-state index contributed by atoms with van der Waals surface area (Å²) in [6.07, 6.45) is 0. The van der Waals surface area contributed by atoms with Crippen LogP contribution in [0.15, 0.2) is 40.2 Å². The number of hydrogen-bond acceptors (Lipinski definition) is 3. The van der Waals surface area contributed by atoms with Gasteiger partial charge in [-0.15, -0.1) is 11.3 Å². The number of para-hydroxylation sites is 2. The Labute approximate surface area is 124 Å². The molecule has 0 aliphatic heterocycles. The quantitative estimate of drug-likeness (QED) is 0.720. The smallest absolute Gasteiger partial charge is 0.206 e. The van der Waals surface area contributed by atoms with Crippen molar-refractivity contribution in [3.63, 3.8) is 0 Å². The van der Waals surface area contributed by atoms with Crippen molar-refractivity contribution in [3.8, 4) is 0 Å². The molecule has 1 aromatic carbocycles. The largest absolute Gasteiger partial charge is 0.340 e. The third kappa shape index (κ3) is 2.40. The van der Waals surface area contributed by atoms with Crippen molar-refractivity contribution >= 4 is 44.2 Å². The predicted octanol–water partition coefficient (Wildman–Crippen LogP) is 4.03. The number of hydrogen-bond donors (Lipinski definition) is 0. The maximum absolute atomic E-state index is 4.70. The van der Waals surface area contributed by atoms with Crippen LogP contribution in [0.2, 0.25) is 0 Å². The van der Waals surface area contributed by atoms with Crippen LogP contribution in [0.4, 0.5) is 5.95 Å². The number of imidazole rings is 1. The number of halogens is 1. The summed E-state index contributed by atoms with van der Waals surface area (Å²) in [5.74, 6) is 0.991. The topological polar surface area (TPSA) is 21.1 Å². The number of benzene rings is 1. The molecule has 0 fully saturated rings. The lowest BCUT2D eigenvalue weighted by molar-refractivity contribution is 0.825. The molecule has 0 bridgehead atoms. The van der Waals surface area contributed by atoms with Crippen LogP contribution in [0.25, 0.3) is 11.0 Å². The molecule has 98 valence electrons. The van der Waals surface area contributed by atoms with Gasteiger partial charge in [-0.1, -0.05) is 12.1 Å². The zero-order valence-electron chi connectivity index (χ0n) is 10.8. The van der Waals surface area contributed by atoms with Gasteiger partial charge in [-0.25, -0.2) is 4.98 Å². The van der Waals surface area contributed by atoms with Gasteiger partial charge in [0.05, 0.1) is 21.4 Å². The molecule has 3 aromatic rings. The number of aryl methyl sites for hydroxylation is 1. The number of thiophene rings is 1. The summed E-state index contributed by atoms with van der Waals surface area (Å²) >= 11 is 5.26. The minimum absolute atomic E-state index is 0.868. The fourth-order valence-electron chi connectivity index (χ4n) is 2.22. The van der Waals surface area contributed by atoms with Crippen molar-refractivity contribution in [2.24, 2.45) is 7.05 Å². The highest BCUT2D eigenvalue weighted by Gasteiger charge is 2.12. The van der Waals surface area contributed by atoms with E-state index >= 15 is 0 Å². The average molecular weight is 336 g/mol. The number of rotatable bonds is 3. The van der Waals surface area contributed by atoms with E-state index in [2.05, 4.69) is 63.8 Å². The molecular weight excluding hydrogens is 322 g/mol. The minimum Gasteiger partial charge on any atom is -0.340 e. The molecule has 0 aliphatic rings. The predicted molar refractivity (Wildman–Crippen MR) is 84.8 cm³/mol. The van der Waals surface area contributed by atoms with E-state index < -0.39 is 0 Å². The molecular formula is C14H14BrN3S. The molecule has 5 heteroatoms. The van der Waals surface area contributed by atoms with Crippen molar-refractivity contribution in [1.82, 2.24) is 9.55 Å². The van der Waals surface area contributed by atoms with Crippen molar-refractivity contribution in [3.05, 3.63) is 45.1 Å². The van der Waals surface area contributed by atoms with Crippen LogP contribution >= 0.6 is 27.3 Å². The van der Waals surface area contributed by atoms with Crippen LogP contribution < -0.4 is 4.90 Å². The lowest BCUT2D eigenvalue weighted by atomic mass is 10.3. The maximum Gasteiger partial charge on any atom is 0.206 e. The first kappa shape index (κ1) is 12.7. The van der Waals surface area contributed by atoms with Crippen LogP contribution in [-0.2, 0) is 13.6 Å². The third-order valence-corrected chi connectivity index (χ3v) is 4.74. The normalized spacial score (nSPS) is 11.1. The third-order valence-electron chi connectivity index (χ3n) is 3.13. The second-order valence-corrected chi connectivity index (χ2v) is 7.07. The summed E-state index contributed by atoms with van der Waals surface area (Å²) in [6, 6.07) is 12.5. The van der Waals surface area contributed by atoms with Gasteiger partial charge in [0.1, 0.15) is 0 Å². The Hall–Kier alpha value is -1.33. The standard InChI is InChI=1S/C14H14BrN3S/c1-17(9-10-7-8-13(15)19-10)14-16-11-5-3-4-6-12(11)18(14)2/h3-8H,9H2,1-2H3. The van der Waals surface area contributed by atoms with Crippen LogP contribution in [0.3, 0.4) is 0 Å². The highest BCUT2D eigenvalue weighted by atomic mass is 79.9. The Balaban J connectivity index is 1.93. The van der Waals surface area contributed by atoms with Crippen molar-refractivity contribution in [2.45, 2.75) is 6.54 Å². The average Bonchev–Trinajstić information content (AvgIpc) is 2.94. The Bertz CT molecular complexity index is 716. The lowest BCUT2D eigenvalue weighted by Crippen LogP contribution is -2.19. The summed E-state index contributed by atoms with van der Waals surface area (Å²) in [7, 11) is 4.14. The summed E-state index contributed by atoms with van der Waals surface area (Å²) < 4.78 is 3.30. The second kappa shape index (κ2) is 4.98. The number of nitrogens with zero attached hydrogens (tertiary/aromatic N) is 3. The lowest BCUT2D eigenvalue weighted by Gasteiger charge is -2.17. The number of fused-ring (bicyclic) bond motifs is 1. The van der Waals surface area contributed by atoms with Crippen LogP contribution in [-0.4, -0.2) is 16.6 Å². The van der Waals surface area contributed by atoms with Crippen LogP contribution in [0.1, 0.15) is 4.88 Å². The molecule has 0 spiro atoms. The van der Waals surface area contributed by atoms with Gasteiger partial charge in [-0.05, 0) is 40.2 Å². The first-order valence-corrected chi connectivity index (χ1v) is 7.63. The molecule has 0 saturated heterocycles. The van der Waals surface area contributed by atoms with E-state index in [0.717, 1.165) is 23.5 Å². The first-order chi connectivity index (χ1) is 9.15. The molecule has 2 aromatic heterocycles. The van der Waals surface area contributed by atoms with Crippen LogP contribution in [0, 0.1) is 0 Å². The van der Waals surface area contributed by atoms with E-state index in [-0.39, 0.29) is 0 Å². The highest BCUT2D eigenvalue weighted by Crippen LogP contribution is 2.26. The summed E-state index contributed by atoms with van der Waals surface area (Å²) in [5, 5.41) is 0. The van der Waals surface area contributed by atoms with Crippen molar-refractivity contribution in [2.75, 3.05) is 11.9 Å². The fraction of sp³-hybridized carbons (Fsp3) is 0.214. The summed E-state index contributed by atoms with van der Waals surface area (Å²) in [5.41, 5.74) is 2.20. The van der Waals surface area contributed by atoms with E-state index in [1.165, 1.54) is 8.66 Å². The van der Waals surface area contributed by atoms with Gasteiger partial charge >= 0.3 is 0 Å². The number of aromatic nitrogens is 2. The Morgan fingerprint density at radius 3 is 2.74 bits per heavy atom. The zero-order valence-corrected chi connectivity index (χ0v) is 13.2. The van der Waals surface area contributed by atoms with E-state index in [4.69, 9.17) is 4.98 Å². The molecule has 0 N–H and O–H groups in total. The van der Waals surface area contributed by atoms with Gasteiger partial charge in [0.2, 0.25) is 5.95 Å². The number of anilines is 1. The molecule has 0 aliphatic carbocycles. The first-order valence-electron chi connectivity index (χ1n) is 6.02. The van der Waals surface area contributed by atoms with Crippen LogP contribution in [0.5, 0.6) is 0 Å². The maximum atomic E-state index is 4.70. The van der Waals surface area contributed by atoms with Gasteiger partial charge in [0, 0.05) is 19.0 Å². The van der Waals surface area contributed by atoms with E-state index in [1.807, 2.05) is 12.1 Å². The second-order valence-electron chi connectivity index (χ2n) is 4.52. The van der Waals surface area contributed by atoms with Crippen molar-refractivity contribution < 1.29 is 0 Å². The molecule has 0 atom stereocenters. The minimum atomic E-state index is 0.868. The summed E-state index contributed by atoms with van der Waals surface area (Å²) in [6.45, 7) is 0.868. The highest BCUT2D eigenvalue weighted by molar-refractivity contribution is 9.11. The molecule has 2 heterocycles. The van der Waals surface area contributed by atoms with E-state index in [9.17, 15) is 0 Å². The Morgan fingerprint density at radius 1 is 1.26 bits per heavy atom. The molecule has 3 rings (SSSR count).